The maximum atomic E-state index is 10.9. The Bertz CT molecular complexity index is 659. The van der Waals surface area contributed by atoms with E-state index < -0.39 is 0 Å². The molecule has 0 unspecified atom stereocenters. The van der Waals surface area contributed by atoms with Gasteiger partial charge >= 0.3 is 0 Å². The largest absolute Gasteiger partial charge is 0.872 e. The minimum absolute atomic E-state index is 0.0319. The summed E-state index contributed by atoms with van der Waals surface area (Å²) < 4.78 is 2.54. The highest BCUT2D eigenvalue weighted by Gasteiger charge is 2.19. The van der Waals surface area contributed by atoms with E-state index in [1.165, 1.54) is 57.6 Å². The van der Waals surface area contributed by atoms with Gasteiger partial charge in [-0.3, -0.25) is 9.89 Å². The molecule has 0 spiro atoms. The second kappa shape index (κ2) is 9.27. The fourth-order valence-electron chi connectivity index (χ4n) is 3.47. The second-order valence-corrected chi connectivity index (χ2v) is 7.01. The predicted octanol–water partition coefficient (Wildman–Crippen LogP) is 3.02. The summed E-state index contributed by atoms with van der Waals surface area (Å²) in [6, 6.07) is 13.9. The van der Waals surface area contributed by atoms with Crippen LogP contribution in [0.3, 0.4) is 0 Å². The van der Waals surface area contributed by atoms with E-state index in [1.54, 1.807) is 24.3 Å². The number of nitrogens with zero attached hydrogens (tertiary/aromatic N) is 1. The number of hydrogen-bond acceptors (Lipinski definition) is 3. The van der Waals surface area contributed by atoms with Crippen LogP contribution in [-0.2, 0) is 6.42 Å². The highest BCUT2D eigenvalue weighted by molar-refractivity contribution is 5.77. The zero-order valence-corrected chi connectivity index (χ0v) is 15.3. The molecular formula is C22H28N2O2. The minimum Gasteiger partial charge on any atom is -0.872 e. The molecule has 0 amide bonds. The van der Waals surface area contributed by atoms with E-state index in [4.69, 9.17) is 5.11 Å². The third-order valence-corrected chi connectivity index (χ3v) is 4.93. The molecule has 2 aliphatic rings. The third-order valence-electron chi connectivity index (χ3n) is 4.93. The lowest BCUT2D eigenvalue weighted by atomic mass is 10.1. The molecule has 2 heterocycles. The van der Waals surface area contributed by atoms with Crippen molar-refractivity contribution >= 4 is 5.84 Å². The van der Waals surface area contributed by atoms with Crippen LogP contribution in [0.5, 0.6) is 11.5 Å². The molecular weight excluding hydrogens is 324 g/mol. The van der Waals surface area contributed by atoms with Gasteiger partial charge in [0.15, 0.2) is 0 Å². The lowest BCUT2D eigenvalue weighted by molar-refractivity contribution is -0.534. The fourth-order valence-corrected chi connectivity index (χ4v) is 3.47. The van der Waals surface area contributed by atoms with Crippen LogP contribution in [-0.4, -0.2) is 35.2 Å². The van der Waals surface area contributed by atoms with E-state index in [-0.39, 0.29) is 11.5 Å². The van der Waals surface area contributed by atoms with Gasteiger partial charge in [0.2, 0.25) is 5.84 Å². The number of phenols is 1. The molecule has 0 bridgehead atoms. The summed E-state index contributed by atoms with van der Waals surface area (Å²) in [5, 5.41) is 23.5. The van der Waals surface area contributed by atoms with Crippen molar-refractivity contribution in [3.05, 3.63) is 59.7 Å². The molecule has 0 saturated heterocycles. The molecule has 2 aromatic rings. The Morgan fingerprint density at radius 2 is 1.50 bits per heavy atom. The summed E-state index contributed by atoms with van der Waals surface area (Å²) in [5.41, 5.74) is 2.21. The fraction of sp³-hybridized carbons (Fsp3) is 0.409. The average molecular weight is 352 g/mol. The first kappa shape index (κ1) is 18.3. The van der Waals surface area contributed by atoms with Crippen LogP contribution >= 0.6 is 0 Å². The summed E-state index contributed by atoms with van der Waals surface area (Å²) in [6.07, 6.45) is 7.59. The highest BCUT2D eigenvalue weighted by atomic mass is 16.3. The lowest BCUT2D eigenvalue weighted by Crippen LogP contribution is -2.40. The van der Waals surface area contributed by atoms with Gasteiger partial charge in [-0.25, -0.2) is 0 Å². The summed E-state index contributed by atoms with van der Waals surface area (Å²) >= 11 is 0. The smallest absolute Gasteiger partial charge is 0.244 e. The molecule has 4 rings (SSSR count). The second-order valence-electron chi connectivity index (χ2n) is 7.01. The normalized spacial score (nSPS) is 16.6. The van der Waals surface area contributed by atoms with Gasteiger partial charge in [0, 0.05) is 12.8 Å². The monoisotopic (exact) mass is 352 g/mol. The SMILES string of the molecule is C1CCC2=[N+](CC1)CCCN2.[O-]c1ccc(Cc2ccc(O)cc2)cc1. The van der Waals surface area contributed by atoms with Gasteiger partial charge in [0.1, 0.15) is 5.75 Å². The van der Waals surface area contributed by atoms with Crippen molar-refractivity contribution in [1.29, 1.82) is 0 Å². The standard InChI is InChI=1S/C13H12O2.C9H16N2/c14-12-5-1-10(2-6-12)9-11-3-7-13(15)8-4-11;1-2-5-9-10-6-4-8-11(9)7-3-1/h1-8,14-15H,9H2;1-8H2. The quantitative estimate of drug-likeness (QED) is 0.817. The zero-order chi connectivity index (χ0) is 18.2. The first-order chi connectivity index (χ1) is 12.7. The molecule has 0 fully saturated rings. The Balaban J connectivity index is 0.000000158. The van der Waals surface area contributed by atoms with E-state index in [9.17, 15) is 5.11 Å². The molecule has 2 aromatic carbocycles. The van der Waals surface area contributed by atoms with Crippen molar-refractivity contribution in [2.45, 2.75) is 38.5 Å². The van der Waals surface area contributed by atoms with Crippen LogP contribution < -0.4 is 10.4 Å². The van der Waals surface area contributed by atoms with Gasteiger partial charge in [-0.05, 0) is 48.9 Å². The van der Waals surface area contributed by atoms with E-state index in [0.717, 1.165) is 17.5 Å². The average Bonchev–Trinajstić information content (AvgIpc) is 2.91. The summed E-state index contributed by atoms with van der Waals surface area (Å²) in [5.74, 6) is 1.83. The lowest BCUT2D eigenvalue weighted by Gasteiger charge is -2.14. The Kier molecular flexibility index (Phi) is 6.53. The minimum atomic E-state index is 0.0319. The van der Waals surface area contributed by atoms with Crippen LogP contribution in [0.2, 0.25) is 0 Å². The van der Waals surface area contributed by atoms with Crippen LogP contribution in [0.15, 0.2) is 48.5 Å². The van der Waals surface area contributed by atoms with Gasteiger partial charge in [0.05, 0.1) is 19.6 Å². The highest BCUT2D eigenvalue weighted by Crippen LogP contribution is 2.15. The number of rotatable bonds is 2. The van der Waals surface area contributed by atoms with Crippen molar-refractivity contribution in [3.8, 4) is 11.5 Å². The number of hydrogen-bond donors (Lipinski definition) is 2. The van der Waals surface area contributed by atoms with Crippen LogP contribution in [0.25, 0.3) is 0 Å². The molecule has 26 heavy (non-hydrogen) atoms. The number of benzene rings is 2. The number of aromatic hydroxyl groups is 1. The van der Waals surface area contributed by atoms with Gasteiger partial charge < -0.3 is 10.2 Å². The van der Waals surface area contributed by atoms with Gasteiger partial charge in [-0.2, -0.15) is 0 Å². The van der Waals surface area contributed by atoms with Gasteiger partial charge in [-0.1, -0.05) is 36.4 Å². The van der Waals surface area contributed by atoms with Gasteiger partial charge in [-0.15, -0.1) is 5.75 Å². The third kappa shape index (κ3) is 5.51. The van der Waals surface area contributed by atoms with Crippen LogP contribution in [0.1, 0.15) is 43.2 Å². The first-order valence-electron chi connectivity index (χ1n) is 9.59. The molecule has 4 heteroatoms. The molecule has 4 nitrogen and oxygen atoms in total. The molecule has 0 aromatic heterocycles. The number of nitrogens with one attached hydrogen (secondary N) is 1. The van der Waals surface area contributed by atoms with Crippen molar-refractivity contribution in [1.82, 2.24) is 5.32 Å². The summed E-state index contributed by atoms with van der Waals surface area (Å²) in [4.78, 5) is 0. The Labute approximate surface area is 155 Å². The Hall–Kier alpha value is -2.49. The Morgan fingerprint density at radius 3 is 2.23 bits per heavy atom. The van der Waals surface area contributed by atoms with E-state index in [2.05, 4.69) is 9.89 Å². The van der Waals surface area contributed by atoms with E-state index in [0.29, 0.717) is 0 Å². The number of phenolic OH excluding ortho intramolecular Hbond substituents is 1. The zero-order valence-electron chi connectivity index (χ0n) is 15.3. The molecule has 0 radical (unpaired) electrons. The van der Waals surface area contributed by atoms with Crippen molar-refractivity contribution < 1.29 is 14.8 Å². The first-order valence-corrected chi connectivity index (χ1v) is 9.59. The number of amidine groups is 1. The molecule has 0 aliphatic carbocycles. The van der Waals surface area contributed by atoms with Crippen molar-refractivity contribution in [2.75, 3.05) is 19.6 Å². The molecule has 2 aliphatic heterocycles. The maximum Gasteiger partial charge on any atom is 0.244 e. The molecule has 2 N–H and O–H groups in total. The Morgan fingerprint density at radius 1 is 0.846 bits per heavy atom. The summed E-state index contributed by atoms with van der Waals surface area (Å²) in [7, 11) is 0. The maximum absolute atomic E-state index is 10.9. The van der Waals surface area contributed by atoms with E-state index in [1.807, 2.05) is 24.3 Å². The predicted molar refractivity (Wildman–Crippen MR) is 103 cm³/mol. The molecule has 138 valence electrons. The van der Waals surface area contributed by atoms with Crippen LogP contribution in [0.4, 0.5) is 0 Å². The molecule has 0 atom stereocenters. The van der Waals surface area contributed by atoms with Gasteiger partial charge in [0.25, 0.3) is 0 Å². The van der Waals surface area contributed by atoms with Crippen LogP contribution in [0, 0.1) is 0 Å². The molecule has 0 saturated carbocycles. The van der Waals surface area contributed by atoms with Crippen molar-refractivity contribution in [2.24, 2.45) is 0 Å². The topological polar surface area (TPSA) is 58.3 Å². The summed E-state index contributed by atoms with van der Waals surface area (Å²) in [6.45, 7) is 3.79. The van der Waals surface area contributed by atoms with E-state index >= 15 is 0 Å². The van der Waals surface area contributed by atoms with Crippen molar-refractivity contribution in [3.63, 3.8) is 0 Å².